The van der Waals surface area contributed by atoms with Crippen LogP contribution in [0.5, 0.6) is 0 Å². The van der Waals surface area contributed by atoms with E-state index in [4.69, 9.17) is 5.84 Å². The fourth-order valence-corrected chi connectivity index (χ4v) is 0.156. The topological polar surface area (TPSA) is 64.3 Å². The molecule has 0 bridgehead atoms. The molecule has 0 aromatic carbocycles. The number of carbonyl (C=O) groups is 1. The molecular weight excluding hydrogens is 120 g/mol. The smallest absolute Gasteiger partial charge is 0.321 e. The molecule has 3 N–H and O–H groups in total. The molecule has 0 aromatic rings. The Hall–Kier alpha value is -0.610. The molecule has 0 amide bonds. The van der Waals surface area contributed by atoms with Gasteiger partial charge in [-0.2, -0.15) is 0 Å². The van der Waals surface area contributed by atoms with Gasteiger partial charge in [-0.1, -0.05) is 13.8 Å². The summed E-state index contributed by atoms with van der Waals surface area (Å²) in [5, 5.41) is 0. The normalized spacial score (nSPS) is 7.11. The van der Waals surface area contributed by atoms with Crippen molar-refractivity contribution < 1.29 is 9.53 Å². The minimum Gasteiger partial charge on any atom is -0.468 e. The Morgan fingerprint density at radius 3 is 2.22 bits per heavy atom. The summed E-state index contributed by atoms with van der Waals surface area (Å²) in [6.07, 6.45) is 0. The van der Waals surface area contributed by atoms with E-state index in [2.05, 4.69) is 10.2 Å². The molecule has 0 aliphatic rings. The van der Waals surface area contributed by atoms with Crippen molar-refractivity contribution in [3.63, 3.8) is 0 Å². The molecule has 0 atom stereocenters. The van der Waals surface area contributed by atoms with Gasteiger partial charge in [0, 0.05) is 0 Å². The molecule has 0 spiro atoms. The van der Waals surface area contributed by atoms with Crippen LogP contribution >= 0.6 is 0 Å². The highest BCUT2D eigenvalue weighted by Gasteiger charge is 1.92. The van der Waals surface area contributed by atoms with Gasteiger partial charge in [-0.25, -0.2) is 5.43 Å². The van der Waals surface area contributed by atoms with Gasteiger partial charge in [0.05, 0.1) is 7.11 Å². The second kappa shape index (κ2) is 10.4. The molecule has 0 saturated heterocycles. The summed E-state index contributed by atoms with van der Waals surface area (Å²) in [4.78, 5) is 10.0. The van der Waals surface area contributed by atoms with Crippen LogP contribution in [0.15, 0.2) is 0 Å². The van der Waals surface area contributed by atoms with Crippen LogP contribution in [0.2, 0.25) is 0 Å². The van der Waals surface area contributed by atoms with E-state index in [1.54, 1.807) is 0 Å². The summed E-state index contributed by atoms with van der Waals surface area (Å²) in [7, 11) is 1.31. The minimum absolute atomic E-state index is 0.0660. The van der Waals surface area contributed by atoms with Gasteiger partial charge in [-0.3, -0.25) is 10.6 Å². The lowest BCUT2D eigenvalue weighted by Crippen LogP contribution is -2.29. The number of carbonyl (C=O) groups excluding carboxylic acids is 1. The zero-order valence-electron chi connectivity index (χ0n) is 6.10. The van der Waals surface area contributed by atoms with Crippen molar-refractivity contribution in [1.82, 2.24) is 5.43 Å². The number of rotatable bonds is 2. The lowest BCUT2D eigenvalue weighted by molar-refractivity contribution is -0.139. The molecule has 0 fully saturated rings. The Morgan fingerprint density at radius 1 is 1.67 bits per heavy atom. The summed E-state index contributed by atoms with van der Waals surface area (Å²) in [6, 6.07) is 0. The van der Waals surface area contributed by atoms with E-state index < -0.39 is 0 Å². The van der Waals surface area contributed by atoms with E-state index >= 15 is 0 Å². The van der Waals surface area contributed by atoms with E-state index in [0.717, 1.165) is 0 Å². The maximum absolute atomic E-state index is 10.0. The van der Waals surface area contributed by atoms with Crippen LogP contribution < -0.4 is 11.3 Å². The Labute approximate surface area is 55.3 Å². The van der Waals surface area contributed by atoms with Gasteiger partial charge in [0.25, 0.3) is 0 Å². The second-order valence-electron chi connectivity index (χ2n) is 0.957. The molecule has 0 aliphatic carbocycles. The highest BCUT2D eigenvalue weighted by molar-refractivity contribution is 5.71. The average Bonchev–Trinajstić information content (AvgIpc) is 1.93. The first-order valence-electron chi connectivity index (χ1n) is 2.81. The first kappa shape index (κ1) is 11.2. The van der Waals surface area contributed by atoms with E-state index in [9.17, 15) is 4.79 Å². The number of esters is 1. The number of nitrogens with two attached hydrogens (primary N) is 1. The van der Waals surface area contributed by atoms with Gasteiger partial charge in [0.2, 0.25) is 0 Å². The summed E-state index contributed by atoms with van der Waals surface area (Å²) >= 11 is 0. The van der Waals surface area contributed by atoms with Crippen molar-refractivity contribution in [3.05, 3.63) is 0 Å². The third kappa shape index (κ3) is 11.1. The lowest BCUT2D eigenvalue weighted by Gasteiger charge is -1.93. The minimum atomic E-state index is -0.359. The largest absolute Gasteiger partial charge is 0.468 e. The summed E-state index contributed by atoms with van der Waals surface area (Å²) in [6.45, 7) is 4.07. The van der Waals surface area contributed by atoms with Gasteiger partial charge in [0.1, 0.15) is 6.54 Å². The van der Waals surface area contributed by atoms with Crippen molar-refractivity contribution in [2.45, 2.75) is 13.8 Å². The van der Waals surface area contributed by atoms with E-state index in [0.29, 0.717) is 0 Å². The van der Waals surface area contributed by atoms with Crippen LogP contribution in [-0.2, 0) is 9.53 Å². The number of hydrogen-bond donors (Lipinski definition) is 2. The van der Waals surface area contributed by atoms with Crippen LogP contribution in [0.25, 0.3) is 0 Å². The van der Waals surface area contributed by atoms with Crippen molar-refractivity contribution in [2.75, 3.05) is 13.7 Å². The summed E-state index contributed by atoms with van der Waals surface area (Å²) in [5.74, 6) is 4.40. The number of hydrazine groups is 1. The molecule has 0 aromatic heterocycles. The Kier molecular flexibility index (Phi) is 13.0. The zero-order chi connectivity index (χ0) is 7.70. The van der Waals surface area contributed by atoms with E-state index in [1.165, 1.54) is 7.11 Å². The standard InChI is InChI=1S/C3H8N2O2.C2H6/c1-7-3(6)2-5-4;1-2/h5H,2,4H2,1H3;1-2H3. The molecule has 0 radical (unpaired) electrons. The van der Waals surface area contributed by atoms with Gasteiger partial charge in [0.15, 0.2) is 0 Å². The fraction of sp³-hybridized carbons (Fsp3) is 0.800. The van der Waals surface area contributed by atoms with Gasteiger partial charge < -0.3 is 4.74 Å². The fourth-order valence-electron chi connectivity index (χ4n) is 0.156. The van der Waals surface area contributed by atoms with Gasteiger partial charge in [-0.15, -0.1) is 0 Å². The van der Waals surface area contributed by atoms with E-state index in [1.807, 2.05) is 13.8 Å². The van der Waals surface area contributed by atoms with E-state index in [-0.39, 0.29) is 12.5 Å². The first-order valence-corrected chi connectivity index (χ1v) is 2.81. The molecule has 0 unspecified atom stereocenters. The number of methoxy groups -OCH3 is 1. The quantitative estimate of drug-likeness (QED) is 0.308. The van der Waals surface area contributed by atoms with Crippen LogP contribution in [0, 0.1) is 0 Å². The molecule has 0 rings (SSSR count). The predicted octanol–water partition coefficient (Wildman–Crippen LogP) is -0.351. The summed E-state index contributed by atoms with van der Waals surface area (Å²) < 4.78 is 4.21. The van der Waals surface area contributed by atoms with Crippen LogP contribution in [0.3, 0.4) is 0 Å². The number of nitrogens with one attached hydrogen (secondary N) is 1. The molecular formula is C5H14N2O2. The van der Waals surface area contributed by atoms with Crippen molar-refractivity contribution in [3.8, 4) is 0 Å². The molecule has 56 valence electrons. The Bertz CT molecular complexity index is 66.0. The second-order valence-corrected chi connectivity index (χ2v) is 0.957. The Morgan fingerprint density at radius 2 is 2.11 bits per heavy atom. The van der Waals surface area contributed by atoms with Crippen molar-refractivity contribution >= 4 is 5.97 Å². The highest BCUT2D eigenvalue weighted by atomic mass is 16.5. The van der Waals surface area contributed by atoms with Gasteiger partial charge >= 0.3 is 5.97 Å². The first-order chi connectivity index (χ1) is 4.31. The third-order valence-electron chi connectivity index (χ3n) is 0.474. The zero-order valence-corrected chi connectivity index (χ0v) is 6.10. The highest BCUT2D eigenvalue weighted by Crippen LogP contribution is 1.63. The molecule has 4 heteroatoms. The molecule has 9 heavy (non-hydrogen) atoms. The maximum atomic E-state index is 10.0. The number of hydrogen-bond acceptors (Lipinski definition) is 4. The van der Waals surface area contributed by atoms with Crippen molar-refractivity contribution in [2.24, 2.45) is 5.84 Å². The van der Waals surface area contributed by atoms with Crippen molar-refractivity contribution in [1.29, 1.82) is 0 Å². The average molecular weight is 134 g/mol. The number of ether oxygens (including phenoxy) is 1. The van der Waals surface area contributed by atoms with Crippen LogP contribution in [0.4, 0.5) is 0 Å². The molecule has 4 nitrogen and oxygen atoms in total. The maximum Gasteiger partial charge on any atom is 0.321 e. The molecule has 0 aliphatic heterocycles. The summed E-state index contributed by atoms with van der Waals surface area (Å²) in [5.41, 5.74) is 2.14. The molecule has 0 heterocycles. The lowest BCUT2D eigenvalue weighted by atomic mass is 10.7. The molecule has 0 saturated carbocycles. The Balaban J connectivity index is 0. The SMILES string of the molecule is CC.COC(=O)CNN. The van der Waals surface area contributed by atoms with Gasteiger partial charge in [-0.05, 0) is 0 Å². The monoisotopic (exact) mass is 134 g/mol. The predicted molar refractivity (Wildman–Crippen MR) is 35.6 cm³/mol. The van der Waals surface area contributed by atoms with Crippen LogP contribution in [-0.4, -0.2) is 19.6 Å². The van der Waals surface area contributed by atoms with Crippen LogP contribution in [0.1, 0.15) is 13.8 Å². The third-order valence-corrected chi connectivity index (χ3v) is 0.474.